The van der Waals surface area contributed by atoms with Gasteiger partial charge in [0.2, 0.25) is 0 Å². The van der Waals surface area contributed by atoms with Crippen LogP contribution in [0.4, 0.5) is 0 Å². The van der Waals surface area contributed by atoms with Crippen LogP contribution in [0.25, 0.3) is 0 Å². The van der Waals surface area contributed by atoms with Gasteiger partial charge in [-0.05, 0) is 5.54 Å². The molecule has 0 radical (unpaired) electrons. The predicted molar refractivity (Wildman–Crippen MR) is 59.3 cm³/mol. The van der Waals surface area contributed by atoms with Gasteiger partial charge in [0.05, 0.1) is 0 Å². The van der Waals surface area contributed by atoms with E-state index in [9.17, 15) is 0 Å². The quantitative estimate of drug-likeness (QED) is 0.686. The fraction of sp³-hybridized carbons (Fsp3) is 0.700. The number of rotatable bonds is 2. The molecule has 3 nitrogen and oxygen atoms in total. The van der Waals surface area contributed by atoms with Crippen molar-refractivity contribution < 1.29 is 0 Å². The summed E-state index contributed by atoms with van der Waals surface area (Å²) in [7, 11) is -0.904. The largest absolute Gasteiger partial charge is 0.227 e. The molecule has 0 aliphatic heterocycles. The van der Waals surface area contributed by atoms with Crippen molar-refractivity contribution in [2.24, 2.45) is 0 Å². The second kappa shape index (κ2) is 4.64. The average molecular weight is 207 g/mol. The van der Waals surface area contributed by atoms with Crippen molar-refractivity contribution in [3.8, 4) is 0 Å². The minimum atomic E-state index is -0.904. The summed E-state index contributed by atoms with van der Waals surface area (Å²) >= 11 is 0. The van der Waals surface area contributed by atoms with E-state index in [2.05, 4.69) is 21.5 Å². The summed E-state index contributed by atoms with van der Waals surface area (Å²) < 4.78 is 0. The smallest absolute Gasteiger partial charge is 0.119 e. The normalized spacial score (nSPS) is 20.6. The zero-order valence-corrected chi connectivity index (χ0v) is 9.84. The van der Waals surface area contributed by atoms with Gasteiger partial charge in [-0.2, -0.15) is 0 Å². The fourth-order valence-corrected chi connectivity index (χ4v) is 4.82. The van der Waals surface area contributed by atoms with Crippen molar-refractivity contribution >= 4 is 14.2 Å². The van der Waals surface area contributed by atoms with Crippen molar-refractivity contribution in [3.05, 3.63) is 12.7 Å². The maximum atomic E-state index is 4.29. The summed E-state index contributed by atoms with van der Waals surface area (Å²) in [5.41, 5.74) is 2.03. The molecule has 0 amide bonds. The number of hydrogen-bond acceptors (Lipinski definition) is 3. The maximum Gasteiger partial charge on any atom is 0.119 e. The van der Waals surface area contributed by atoms with E-state index < -0.39 is 8.80 Å². The minimum Gasteiger partial charge on any atom is -0.227 e. The Bertz CT molecular complexity index is 272. The highest BCUT2D eigenvalue weighted by molar-refractivity contribution is 6.71. The van der Waals surface area contributed by atoms with Gasteiger partial charge in [0.1, 0.15) is 26.9 Å². The van der Waals surface area contributed by atoms with Crippen LogP contribution in [0, 0.1) is 0 Å². The maximum absolute atomic E-state index is 4.29. The second-order valence-electron chi connectivity index (χ2n) is 4.18. The molecule has 14 heavy (non-hydrogen) atoms. The summed E-state index contributed by atoms with van der Waals surface area (Å²) in [6.07, 6.45) is 10.3. The zero-order valence-electron chi connectivity index (χ0n) is 8.69. The molecule has 0 aromatic carbocycles. The lowest BCUT2D eigenvalue weighted by molar-refractivity contribution is 0.498. The third-order valence-electron chi connectivity index (χ3n) is 3.28. The summed E-state index contributed by atoms with van der Waals surface area (Å²) in [5, 5.41) is 0. The molecule has 0 saturated heterocycles. The first-order valence-corrected chi connectivity index (χ1v) is 7.89. The highest BCUT2D eigenvalue weighted by Crippen LogP contribution is 2.30. The van der Waals surface area contributed by atoms with Gasteiger partial charge in [0.15, 0.2) is 0 Å². The molecular formula is C10H17N3Si. The van der Waals surface area contributed by atoms with Crippen LogP contribution in [0.3, 0.4) is 0 Å². The van der Waals surface area contributed by atoms with Crippen molar-refractivity contribution in [1.82, 2.24) is 15.0 Å². The average Bonchev–Trinajstić information content (AvgIpc) is 2.30. The number of hydrogen-bond donors (Lipinski definition) is 0. The molecular weight excluding hydrogens is 190 g/mol. The standard InChI is InChI=1S/C10H17N3Si/c1-14(9-5-3-2-4-6-9)10-12-7-11-8-13-10/h7-9,14H,2-6H2,1H3. The van der Waals surface area contributed by atoms with E-state index in [1.54, 1.807) is 12.7 Å². The number of aromatic nitrogens is 3. The Hall–Kier alpha value is -0.773. The highest BCUT2D eigenvalue weighted by Gasteiger charge is 2.24. The van der Waals surface area contributed by atoms with E-state index in [-0.39, 0.29) is 0 Å². The summed E-state index contributed by atoms with van der Waals surface area (Å²) in [6.45, 7) is 2.38. The van der Waals surface area contributed by atoms with Crippen LogP contribution < -0.4 is 5.45 Å². The second-order valence-corrected chi connectivity index (χ2v) is 7.22. The van der Waals surface area contributed by atoms with Gasteiger partial charge < -0.3 is 0 Å². The molecule has 0 spiro atoms. The molecule has 0 bridgehead atoms. The van der Waals surface area contributed by atoms with Crippen LogP contribution in [-0.2, 0) is 0 Å². The van der Waals surface area contributed by atoms with E-state index in [1.165, 1.54) is 32.1 Å². The summed E-state index contributed by atoms with van der Waals surface area (Å²) in [5.74, 6) is 0. The Morgan fingerprint density at radius 1 is 1.14 bits per heavy atom. The first-order chi connectivity index (χ1) is 6.88. The van der Waals surface area contributed by atoms with Gasteiger partial charge in [0.25, 0.3) is 0 Å². The van der Waals surface area contributed by atoms with E-state index in [1.807, 2.05) is 0 Å². The molecule has 1 aliphatic rings. The molecule has 1 fully saturated rings. The van der Waals surface area contributed by atoms with E-state index >= 15 is 0 Å². The topological polar surface area (TPSA) is 38.7 Å². The van der Waals surface area contributed by atoms with Gasteiger partial charge in [-0.3, -0.25) is 0 Å². The third kappa shape index (κ3) is 2.18. The first kappa shape index (κ1) is 9.77. The van der Waals surface area contributed by atoms with Gasteiger partial charge >= 0.3 is 0 Å². The molecule has 1 heterocycles. The molecule has 1 atom stereocenters. The molecule has 0 N–H and O–H groups in total. The van der Waals surface area contributed by atoms with Gasteiger partial charge in [0, 0.05) is 0 Å². The third-order valence-corrected chi connectivity index (χ3v) is 6.47. The Labute approximate surface area is 86.6 Å². The van der Waals surface area contributed by atoms with Crippen molar-refractivity contribution in [2.75, 3.05) is 0 Å². The van der Waals surface area contributed by atoms with E-state index in [4.69, 9.17) is 0 Å². The Balaban J connectivity index is 2.03. The Kier molecular flexibility index (Phi) is 3.24. The molecule has 1 unspecified atom stereocenters. The zero-order chi connectivity index (χ0) is 9.80. The van der Waals surface area contributed by atoms with Crippen LogP contribution in [-0.4, -0.2) is 23.7 Å². The van der Waals surface area contributed by atoms with Crippen LogP contribution in [0.1, 0.15) is 32.1 Å². The monoisotopic (exact) mass is 207 g/mol. The fourth-order valence-electron chi connectivity index (χ4n) is 2.33. The lowest BCUT2D eigenvalue weighted by atomic mass is 10.0. The van der Waals surface area contributed by atoms with Gasteiger partial charge in [-0.15, -0.1) is 0 Å². The summed E-state index contributed by atoms with van der Waals surface area (Å²) in [6, 6.07) is 0. The molecule has 1 aromatic rings. The van der Waals surface area contributed by atoms with Gasteiger partial charge in [-0.1, -0.05) is 38.7 Å². The summed E-state index contributed by atoms with van der Waals surface area (Å²) in [4.78, 5) is 12.5. The first-order valence-electron chi connectivity index (χ1n) is 5.50. The van der Waals surface area contributed by atoms with Crippen LogP contribution in [0.15, 0.2) is 12.7 Å². The Morgan fingerprint density at radius 3 is 2.43 bits per heavy atom. The van der Waals surface area contributed by atoms with Crippen LogP contribution in [0.2, 0.25) is 12.1 Å². The highest BCUT2D eigenvalue weighted by atomic mass is 28.3. The Morgan fingerprint density at radius 2 is 1.79 bits per heavy atom. The van der Waals surface area contributed by atoms with Gasteiger partial charge in [-0.25, -0.2) is 15.0 Å². The van der Waals surface area contributed by atoms with Crippen molar-refractivity contribution in [2.45, 2.75) is 44.2 Å². The predicted octanol–water partition coefficient (Wildman–Crippen LogP) is 1.27. The molecule has 4 heteroatoms. The molecule has 2 rings (SSSR count). The SMILES string of the molecule is C[SiH](c1ncncn1)C1CCCCC1. The lowest BCUT2D eigenvalue weighted by Crippen LogP contribution is -2.37. The van der Waals surface area contributed by atoms with Crippen LogP contribution in [0.5, 0.6) is 0 Å². The molecule has 1 aliphatic carbocycles. The van der Waals surface area contributed by atoms with Crippen molar-refractivity contribution in [3.63, 3.8) is 0 Å². The number of nitrogens with zero attached hydrogens (tertiary/aromatic N) is 3. The van der Waals surface area contributed by atoms with E-state index in [0.717, 1.165) is 11.0 Å². The van der Waals surface area contributed by atoms with Crippen LogP contribution >= 0.6 is 0 Å². The molecule has 76 valence electrons. The molecule has 1 aromatic heterocycles. The van der Waals surface area contributed by atoms with E-state index in [0.29, 0.717) is 0 Å². The minimum absolute atomic E-state index is 0.904. The van der Waals surface area contributed by atoms with Crippen molar-refractivity contribution in [1.29, 1.82) is 0 Å². The lowest BCUT2D eigenvalue weighted by Gasteiger charge is -2.25. The molecule has 1 saturated carbocycles.